The zero-order valence-corrected chi connectivity index (χ0v) is 8.87. The first-order valence-corrected chi connectivity index (χ1v) is 4.98. The van der Waals surface area contributed by atoms with Gasteiger partial charge < -0.3 is 0 Å². The monoisotopic (exact) mass is 211 g/mol. The molecule has 0 aromatic heterocycles. The van der Waals surface area contributed by atoms with E-state index in [1.54, 1.807) is 12.1 Å². The van der Waals surface area contributed by atoms with Crippen molar-refractivity contribution in [1.29, 1.82) is 5.26 Å². The Bertz CT molecular complexity index is 567. The highest BCUT2D eigenvalue weighted by Crippen LogP contribution is 2.25. The number of hydrogen-bond acceptors (Lipinski definition) is 1. The molecule has 0 bridgehead atoms. The van der Waals surface area contributed by atoms with Crippen LogP contribution in [0.1, 0.15) is 11.1 Å². The lowest BCUT2D eigenvalue weighted by molar-refractivity contribution is 0.624. The molecule has 1 nitrogen and oxygen atoms in total. The summed E-state index contributed by atoms with van der Waals surface area (Å²) in [6.45, 7) is 1.97. The summed E-state index contributed by atoms with van der Waals surface area (Å²) in [5, 5.41) is 8.94. The van der Waals surface area contributed by atoms with Gasteiger partial charge in [-0.2, -0.15) is 5.26 Å². The summed E-state index contributed by atoms with van der Waals surface area (Å²) in [6, 6.07) is 14.3. The zero-order valence-electron chi connectivity index (χ0n) is 8.87. The van der Waals surface area contributed by atoms with Gasteiger partial charge in [0.05, 0.1) is 5.56 Å². The van der Waals surface area contributed by atoms with E-state index in [1.807, 2.05) is 37.3 Å². The topological polar surface area (TPSA) is 23.8 Å². The van der Waals surface area contributed by atoms with Gasteiger partial charge in [0.15, 0.2) is 0 Å². The third kappa shape index (κ3) is 1.80. The highest BCUT2D eigenvalue weighted by molar-refractivity contribution is 5.71. The van der Waals surface area contributed by atoms with Crippen LogP contribution in [-0.2, 0) is 0 Å². The van der Waals surface area contributed by atoms with E-state index in [-0.39, 0.29) is 5.56 Å². The van der Waals surface area contributed by atoms with Crippen molar-refractivity contribution in [2.45, 2.75) is 6.92 Å². The molecule has 0 aliphatic rings. The highest BCUT2D eigenvalue weighted by Gasteiger charge is 2.09. The van der Waals surface area contributed by atoms with Gasteiger partial charge in [0.2, 0.25) is 0 Å². The second-order valence-electron chi connectivity index (χ2n) is 3.64. The van der Waals surface area contributed by atoms with Crippen LogP contribution in [0.4, 0.5) is 4.39 Å². The molecule has 0 saturated carbocycles. The Morgan fingerprint density at radius 2 is 1.88 bits per heavy atom. The van der Waals surface area contributed by atoms with E-state index in [2.05, 4.69) is 0 Å². The van der Waals surface area contributed by atoms with Crippen molar-refractivity contribution in [2.24, 2.45) is 0 Å². The maximum Gasteiger partial charge on any atom is 0.141 e. The molecule has 0 radical (unpaired) electrons. The van der Waals surface area contributed by atoms with Crippen molar-refractivity contribution in [2.75, 3.05) is 0 Å². The molecule has 0 aliphatic heterocycles. The highest BCUT2D eigenvalue weighted by atomic mass is 19.1. The SMILES string of the molecule is Cc1cccc(-c2cccc(F)c2C#N)c1. The molecule has 2 aromatic rings. The third-order valence-electron chi connectivity index (χ3n) is 2.45. The molecule has 0 fully saturated rings. The van der Waals surface area contributed by atoms with Gasteiger partial charge >= 0.3 is 0 Å². The van der Waals surface area contributed by atoms with Crippen LogP contribution >= 0.6 is 0 Å². The first-order chi connectivity index (χ1) is 7.72. The first kappa shape index (κ1) is 10.4. The summed E-state index contributed by atoms with van der Waals surface area (Å²) in [5.74, 6) is -0.471. The van der Waals surface area contributed by atoms with Crippen molar-refractivity contribution in [3.05, 3.63) is 59.4 Å². The lowest BCUT2D eigenvalue weighted by Crippen LogP contribution is -1.89. The standard InChI is InChI=1S/C14H10FN/c1-10-4-2-5-11(8-10)12-6-3-7-14(15)13(12)9-16/h2-8H,1H3. The van der Waals surface area contributed by atoms with Gasteiger partial charge in [-0.15, -0.1) is 0 Å². The fourth-order valence-electron chi connectivity index (χ4n) is 1.69. The molecule has 0 N–H and O–H groups in total. The number of nitrogens with zero attached hydrogens (tertiary/aromatic N) is 1. The van der Waals surface area contributed by atoms with Gasteiger partial charge in [0.25, 0.3) is 0 Å². The predicted molar refractivity (Wildman–Crippen MR) is 61.3 cm³/mol. The van der Waals surface area contributed by atoms with Crippen LogP contribution in [0.5, 0.6) is 0 Å². The second kappa shape index (κ2) is 4.16. The largest absolute Gasteiger partial charge is 0.206 e. The van der Waals surface area contributed by atoms with E-state index in [0.29, 0.717) is 5.56 Å². The zero-order chi connectivity index (χ0) is 11.5. The van der Waals surface area contributed by atoms with Crippen LogP contribution in [0.25, 0.3) is 11.1 Å². The molecule has 78 valence electrons. The van der Waals surface area contributed by atoms with Crippen molar-refractivity contribution in [1.82, 2.24) is 0 Å². The van der Waals surface area contributed by atoms with Gasteiger partial charge in [-0.3, -0.25) is 0 Å². The van der Waals surface area contributed by atoms with Crippen LogP contribution in [0, 0.1) is 24.1 Å². The fourth-order valence-corrected chi connectivity index (χ4v) is 1.69. The maximum atomic E-state index is 13.4. The summed E-state index contributed by atoms with van der Waals surface area (Å²) >= 11 is 0. The average Bonchev–Trinajstić information content (AvgIpc) is 2.28. The van der Waals surface area contributed by atoms with Crippen LogP contribution in [-0.4, -0.2) is 0 Å². The first-order valence-electron chi connectivity index (χ1n) is 4.98. The molecular formula is C14H10FN. The Morgan fingerprint density at radius 1 is 1.12 bits per heavy atom. The van der Waals surface area contributed by atoms with E-state index >= 15 is 0 Å². The van der Waals surface area contributed by atoms with Gasteiger partial charge in [-0.1, -0.05) is 42.0 Å². The molecule has 0 aliphatic carbocycles. The van der Waals surface area contributed by atoms with Gasteiger partial charge in [-0.05, 0) is 18.6 Å². The quantitative estimate of drug-likeness (QED) is 0.706. The van der Waals surface area contributed by atoms with E-state index in [9.17, 15) is 4.39 Å². The van der Waals surface area contributed by atoms with E-state index in [0.717, 1.165) is 11.1 Å². The van der Waals surface area contributed by atoms with Gasteiger partial charge in [0, 0.05) is 5.56 Å². The molecule has 2 heteroatoms. The average molecular weight is 211 g/mol. The molecule has 0 unspecified atom stereocenters. The minimum atomic E-state index is -0.471. The molecule has 0 atom stereocenters. The van der Waals surface area contributed by atoms with Crippen LogP contribution in [0.3, 0.4) is 0 Å². The molecule has 0 saturated heterocycles. The summed E-state index contributed by atoms with van der Waals surface area (Å²) < 4.78 is 13.4. The second-order valence-corrected chi connectivity index (χ2v) is 3.64. The van der Waals surface area contributed by atoms with Crippen molar-refractivity contribution in [3.63, 3.8) is 0 Å². The Morgan fingerprint density at radius 3 is 2.56 bits per heavy atom. The number of rotatable bonds is 1. The smallest absolute Gasteiger partial charge is 0.141 e. The summed E-state index contributed by atoms with van der Waals surface area (Å²) in [6.07, 6.45) is 0. The molecule has 0 heterocycles. The Kier molecular flexibility index (Phi) is 2.70. The molecule has 0 amide bonds. The van der Waals surface area contributed by atoms with Gasteiger partial charge in [-0.25, -0.2) is 4.39 Å². The molecule has 0 spiro atoms. The van der Waals surface area contributed by atoms with Crippen molar-refractivity contribution in [3.8, 4) is 17.2 Å². The van der Waals surface area contributed by atoms with Crippen LogP contribution in [0.15, 0.2) is 42.5 Å². The molecule has 16 heavy (non-hydrogen) atoms. The number of halogens is 1. The normalized spacial score (nSPS) is 9.81. The number of aryl methyl sites for hydroxylation is 1. The van der Waals surface area contributed by atoms with E-state index in [4.69, 9.17) is 5.26 Å². The number of nitriles is 1. The molecule has 2 rings (SSSR count). The van der Waals surface area contributed by atoms with Crippen LogP contribution in [0.2, 0.25) is 0 Å². The number of benzene rings is 2. The Labute approximate surface area is 93.8 Å². The lowest BCUT2D eigenvalue weighted by Gasteiger charge is -2.05. The summed E-state index contributed by atoms with van der Waals surface area (Å²) in [4.78, 5) is 0. The van der Waals surface area contributed by atoms with E-state index in [1.165, 1.54) is 6.07 Å². The van der Waals surface area contributed by atoms with Gasteiger partial charge in [0.1, 0.15) is 11.9 Å². The molecule has 2 aromatic carbocycles. The Hall–Kier alpha value is -2.14. The lowest BCUT2D eigenvalue weighted by atomic mass is 9.99. The summed E-state index contributed by atoms with van der Waals surface area (Å²) in [7, 11) is 0. The molecular weight excluding hydrogens is 201 g/mol. The third-order valence-corrected chi connectivity index (χ3v) is 2.45. The van der Waals surface area contributed by atoms with Crippen molar-refractivity contribution < 1.29 is 4.39 Å². The fraction of sp³-hybridized carbons (Fsp3) is 0.0714. The number of hydrogen-bond donors (Lipinski definition) is 0. The maximum absolute atomic E-state index is 13.4. The summed E-state index contributed by atoms with van der Waals surface area (Å²) in [5.41, 5.74) is 2.71. The predicted octanol–water partition coefficient (Wildman–Crippen LogP) is 3.67. The minimum absolute atomic E-state index is 0.105. The van der Waals surface area contributed by atoms with Crippen LogP contribution < -0.4 is 0 Å². The minimum Gasteiger partial charge on any atom is -0.206 e. The Balaban J connectivity index is 2.66. The van der Waals surface area contributed by atoms with E-state index < -0.39 is 5.82 Å². The van der Waals surface area contributed by atoms with Crippen molar-refractivity contribution >= 4 is 0 Å².